The lowest BCUT2D eigenvalue weighted by Gasteiger charge is -2.09. The van der Waals surface area contributed by atoms with Crippen LogP contribution in [0.15, 0.2) is 16.6 Å². The lowest BCUT2D eigenvalue weighted by atomic mass is 10.2. The van der Waals surface area contributed by atoms with E-state index in [1.54, 1.807) is 6.07 Å². The third-order valence-electron chi connectivity index (χ3n) is 1.64. The van der Waals surface area contributed by atoms with Crippen molar-refractivity contribution in [3.63, 3.8) is 0 Å². The van der Waals surface area contributed by atoms with Crippen molar-refractivity contribution >= 4 is 50.7 Å². The van der Waals surface area contributed by atoms with Gasteiger partial charge in [-0.1, -0.05) is 27.5 Å². The highest BCUT2D eigenvalue weighted by Crippen LogP contribution is 2.29. The van der Waals surface area contributed by atoms with E-state index < -0.39 is 0 Å². The van der Waals surface area contributed by atoms with E-state index in [0.717, 1.165) is 10.0 Å². The van der Waals surface area contributed by atoms with Gasteiger partial charge in [-0.15, -0.1) is 11.6 Å². The Labute approximate surface area is 101 Å². The first-order valence-electron chi connectivity index (χ1n) is 3.86. The Bertz CT molecular complexity index is 345. The van der Waals surface area contributed by atoms with Crippen molar-refractivity contribution in [2.24, 2.45) is 0 Å². The monoisotopic (exact) mass is 295 g/mol. The summed E-state index contributed by atoms with van der Waals surface area (Å²) in [6.07, 6.45) is 0. The number of hydrogen-bond acceptors (Lipinski definition) is 1. The quantitative estimate of drug-likeness (QED) is 0.830. The van der Waals surface area contributed by atoms with E-state index in [-0.39, 0.29) is 11.8 Å². The molecule has 0 aliphatic carbocycles. The Morgan fingerprint density at radius 2 is 2.21 bits per heavy atom. The van der Waals surface area contributed by atoms with Crippen LogP contribution in [0.2, 0.25) is 5.02 Å². The Morgan fingerprint density at radius 3 is 2.71 bits per heavy atom. The molecule has 76 valence electrons. The average Bonchev–Trinajstić information content (AvgIpc) is 2.10. The number of halogens is 3. The van der Waals surface area contributed by atoms with E-state index in [1.807, 2.05) is 13.0 Å². The van der Waals surface area contributed by atoms with Crippen molar-refractivity contribution in [1.29, 1.82) is 0 Å². The molecule has 0 aliphatic heterocycles. The highest BCUT2D eigenvalue weighted by atomic mass is 79.9. The first-order chi connectivity index (χ1) is 6.54. The normalized spacial score (nSPS) is 10.0. The van der Waals surface area contributed by atoms with Crippen LogP contribution < -0.4 is 5.32 Å². The van der Waals surface area contributed by atoms with E-state index in [9.17, 15) is 4.79 Å². The maximum absolute atomic E-state index is 11.1. The first kappa shape index (κ1) is 11.8. The predicted molar refractivity (Wildman–Crippen MR) is 63.2 cm³/mol. The molecular weight excluding hydrogens is 289 g/mol. The molecule has 1 aromatic rings. The number of benzene rings is 1. The van der Waals surface area contributed by atoms with Gasteiger partial charge in [0, 0.05) is 4.47 Å². The number of carbonyl (C=O) groups excluding carboxylic acids is 1. The molecule has 0 unspecified atom stereocenters. The topological polar surface area (TPSA) is 29.1 Å². The van der Waals surface area contributed by atoms with Gasteiger partial charge in [0.15, 0.2) is 0 Å². The fourth-order valence-corrected chi connectivity index (χ4v) is 2.12. The molecule has 0 heterocycles. The molecule has 0 atom stereocenters. The van der Waals surface area contributed by atoms with Crippen LogP contribution in [-0.4, -0.2) is 11.8 Å². The third kappa shape index (κ3) is 2.87. The van der Waals surface area contributed by atoms with Crippen LogP contribution in [-0.2, 0) is 4.79 Å². The van der Waals surface area contributed by atoms with Crippen LogP contribution in [0.5, 0.6) is 0 Å². The highest BCUT2D eigenvalue weighted by Gasteiger charge is 2.08. The fraction of sp³-hybridized carbons (Fsp3) is 0.222. The van der Waals surface area contributed by atoms with E-state index in [1.165, 1.54) is 0 Å². The molecule has 0 bridgehead atoms. The summed E-state index contributed by atoms with van der Waals surface area (Å²) in [7, 11) is 0. The molecule has 1 N–H and O–H groups in total. The van der Waals surface area contributed by atoms with Gasteiger partial charge in [-0.2, -0.15) is 0 Å². The zero-order valence-electron chi connectivity index (χ0n) is 7.40. The molecule has 0 radical (unpaired) electrons. The Balaban J connectivity index is 3.02. The second kappa shape index (κ2) is 5.01. The van der Waals surface area contributed by atoms with Gasteiger partial charge in [-0.25, -0.2) is 0 Å². The largest absolute Gasteiger partial charge is 0.324 e. The summed E-state index contributed by atoms with van der Waals surface area (Å²) in [4.78, 5) is 11.1. The minimum absolute atomic E-state index is 0.0775. The summed E-state index contributed by atoms with van der Waals surface area (Å²) < 4.78 is 0.879. The molecule has 1 rings (SSSR count). The number of rotatable bonds is 2. The molecule has 0 spiro atoms. The summed E-state index contributed by atoms with van der Waals surface area (Å²) in [5.74, 6) is -0.342. The Hall–Kier alpha value is -0.250. The van der Waals surface area contributed by atoms with Crippen LogP contribution in [0.25, 0.3) is 0 Å². The molecule has 5 heteroatoms. The van der Waals surface area contributed by atoms with Crippen molar-refractivity contribution in [1.82, 2.24) is 0 Å². The summed E-state index contributed by atoms with van der Waals surface area (Å²) in [5.41, 5.74) is 1.50. The van der Waals surface area contributed by atoms with E-state index >= 15 is 0 Å². The summed E-state index contributed by atoms with van der Waals surface area (Å²) in [6.45, 7) is 1.86. The van der Waals surface area contributed by atoms with Crippen molar-refractivity contribution < 1.29 is 4.79 Å². The first-order valence-corrected chi connectivity index (χ1v) is 5.56. The van der Waals surface area contributed by atoms with Crippen molar-refractivity contribution in [3.05, 3.63) is 27.2 Å². The van der Waals surface area contributed by atoms with E-state index in [4.69, 9.17) is 23.2 Å². The van der Waals surface area contributed by atoms with Gasteiger partial charge in [0.2, 0.25) is 5.91 Å². The molecular formula is C9H8BrCl2NO. The third-order valence-corrected chi connectivity index (χ3v) is 2.64. The molecule has 1 aromatic carbocycles. The molecule has 0 fully saturated rings. The van der Waals surface area contributed by atoms with Gasteiger partial charge in [0.1, 0.15) is 5.88 Å². The van der Waals surface area contributed by atoms with Crippen LogP contribution in [0.4, 0.5) is 5.69 Å². The van der Waals surface area contributed by atoms with Gasteiger partial charge in [-0.05, 0) is 24.6 Å². The Kier molecular flexibility index (Phi) is 4.23. The average molecular weight is 297 g/mol. The van der Waals surface area contributed by atoms with Crippen LogP contribution >= 0.6 is 39.1 Å². The van der Waals surface area contributed by atoms with Gasteiger partial charge >= 0.3 is 0 Å². The van der Waals surface area contributed by atoms with Crippen molar-refractivity contribution in [3.8, 4) is 0 Å². The second-order valence-electron chi connectivity index (χ2n) is 2.76. The Morgan fingerprint density at radius 1 is 1.57 bits per heavy atom. The lowest BCUT2D eigenvalue weighted by molar-refractivity contribution is -0.113. The maximum Gasteiger partial charge on any atom is 0.239 e. The zero-order chi connectivity index (χ0) is 10.7. The molecule has 0 aromatic heterocycles. The fourth-order valence-electron chi connectivity index (χ4n) is 1.03. The minimum Gasteiger partial charge on any atom is -0.324 e. The van der Waals surface area contributed by atoms with Gasteiger partial charge in [-0.3, -0.25) is 4.79 Å². The molecule has 0 saturated carbocycles. The van der Waals surface area contributed by atoms with E-state index in [0.29, 0.717) is 10.7 Å². The SMILES string of the molecule is Cc1cc(Br)cc(Cl)c1NC(=O)CCl. The molecule has 0 saturated heterocycles. The standard InChI is InChI=1S/C9H8BrCl2NO/c1-5-2-6(10)3-7(12)9(5)13-8(14)4-11/h2-3H,4H2,1H3,(H,13,14). The number of amides is 1. The number of aryl methyl sites for hydroxylation is 1. The predicted octanol–water partition coefficient (Wildman–Crippen LogP) is 3.59. The number of nitrogens with one attached hydrogen (secondary N) is 1. The van der Waals surface area contributed by atoms with Gasteiger partial charge in [0.25, 0.3) is 0 Å². The van der Waals surface area contributed by atoms with E-state index in [2.05, 4.69) is 21.2 Å². The second-order valence-corrected chi connectivity index (χ2v) is 4.35. The van der Waals surface area contributed by atoms with Crippen LogP contribution in [0.3, 0.4) is 0 Å². The molecule has 0 aliphatic rings. The van der Waals surface area contributed by atoms with Crippen molar-refractivity contribution in [2.75, 3.05) is 11.2 Å². The van der Waals surface area contributed by atoms with Crippen LogP contribution in [0, 0.1) is 6.92 Å². The zero-order valence-corrected chi connectivity index (χ0v) is 10.5. The van der Waals surface area contributed by atoms with Crippen LogP contribution in [0.1, 0.15) is 5.56 Å². The van der Waals surface area contributed by atoms with Crippen molar-refractivity contribution in [2.45, 2.75) is 6.92 Å². The molecule has 14 heavy (non-hydrogen) atoms. The maximum atomic E-state index is 11.1. The summed E-state index contributed by atoms with van der Waals surface area (Å²) >= 11 is 14.6. The number of anilines is 1. The van der Waals surface area contributed by atoms with Gasteiger partial charge in [0.05, 0.1) is 10.7 Å². The molecule has 1 amide bonds. The highest BCUT2D eigenvalue weighted by molar-refractivity contribution is 9.10. The minimum atomic E-state index is -0.265. The number of hydrogen-bond donors (Lipinski definition) is 1. The number of carbonyl (C=O) groups is 1. The number of alkyl halides is 1. The molecule has 2 nitrogen and oxygen atoms in total. The van der Waals surface area contributed by atoms with Gasteiger partial charge < -0.3 is 5.32 Å². The summed E-state index contributed by atoms with van der Waals surface area (Å²) in [6, 6.07) is 3.59. The lowest BCUT2D eigenvalue weighted by Crippen LogP contribution is -2.13. The smallest absolute Gasteiger partial charge is 0.239 e. The summed E-state index contributed by atoms with van der Waals surface area (Å²) in [5, 5.41) is 3.13.